The third kappa shape index (κ3) is 2.96. The molecule has 1 aromatic carbocycles. The third-order valence-corrected chi connectivity index (χ3v) is 3.71. The van der Waals surface area contributed by atoms with E-state index < -0.39 is 6.10 Å². The Balaban J connectivity index is 2.22. The highest BCUT2D eigenvalue weighted by molar-refractivity contribution is 5.84. The van der Waals surface area contributed by atoms with Crippen LogP contribution >= 0.6 is 0 Å². The first-order valence-electron chi connectivity index (χ1n) is 6.63. The number of nitrogens with one attached hydrogen (secondary N) is 2. The highest BCUT2D eigenvalue weighted by Gasteiger charge is 2.19. The quantitative estimate of drug-likeness (QED) is 0.777. The molecule has 2 rings (SSSR count). The molecular weight excluding hydrogens is 243 g/mol. The molecule has 0 saturated carbocycles. The fraction of sp³-hybridized carbons (Fsp3) is 0.467. The molecule has 0 aliphatic carbocycles. The zero-order chi connectivity index (χ0) is 14.0. The Morgan fingerprint density at radius 2 is 2.16 bits per heavy atom. The number of aliphatic hydroxyl groups is 1. The highest BCUT2D eigenvalue weighted by Crippen LogP contribution is 2.26. The van der Waals surface area contributed by atoms with Crippen LogP contribution < -0.4 is 5.32 Å². The molecule has 1 atom stereocenters. The van der Waals surface area contributed by atoms with Gasteiger partial charge in [-0.2, -0.15) is 0 Å². The number of halogens is 1. The van der Waals surface area contributed by atoms with Gasteiger partial charge in [0, 0.05) is 29.2 Å². The van der Waals surface area contributed by atoms with Crippen molar-refractivity contribution in [1.82, 2.24) is 10.3 Å². The van der Waals surface area contributed by atoms with Crippen LogP contribution in [0.5, 0.6) is 0 Å². The van der Waals surface area contributed by atoms with E-state index in [-0.39, 0.29) is 11.4 Å². The molecule has 0 fully saturated rings. The molecule has 3 nitrogen and oxygen atoms in total. The number of rotatable bonds is 5. The summed E-state index contributed by atoms with van der Waals surface area (Å²) >= 11 is 0. The summed E-state index contributed by atoms with van der Waals surface area (Å²) in [5, 5.41) is 14.1. The van der Waals surface area contributed by atoms with Gasteiger partial charge in [-0.15, -0.1) is 0 Å². The standard InChI is InChI=1S/C15H21FN2O/c1-4-15(2,3)18-9-13(19)10-6-5-7-12-14(10)11(16)8-17-12/h5-8,13,17-19H,4,9H2,1-3H3/t13-/m0/s1. The first kappa shape index (κ1) is 14.0. The minimum Gasteiger partial charge on any atom is -0.387 e. The first-order valence-corrected chi connectivity index (χ1v) is 6.63. The average Bonchev–Trinajstić information content (AvgIpc) is 2.78. The summed E-state index contributed by atoms with van der Waals surface area (Å²) in [5.74, 6) is -0.320. The predicted octanol–water partition coefficient (Wildman–Crippen LogP) is 3.12. The van der Waals surface area contributed by atoms with E-state index >= 15 is 0 Å². The molecule has 0 aliphatic rings. The largest absolute Gasteiger partial charge is 0.387 e. The minimum atomic E-state index is -0.722. The molecule has 0 amide bonds. The summed E-state index contributed by atoms with van der Waals surface area (Å²) < 4.78 is 13.7. The zero-order valence-electron chi connectivity index (χ0n) is 11.6. The lowest BCUT2D eigenvalue weighted by Gasteiger charge is -2.26. The van der Waals surface area contributed by atoms with Crippen molar-refractivity contribution < 1.29 is 9.50 Å². The Kier molecular flexibility index (Phi) is 3.92. The Morgan fingerprint density at radius 3 is 2.84 bits per heavy atom. The lowest BCUT2D eigenvalue weighted by atomic mass is 10.00. The number of aromatic nitrogens is 1. The van der Waals surface area contributed by atoms with E-state index in [0.29, 0.717) is 23.0 Å². The molecule has 1 aromatic heterocycles. The Bertz CT molecular complexity index is 562. The van der Waals surface area contributed by atoms with Gasteiger partial charge in [-0.1, -0.05) is 19.1 Å². The van der Waals surface area contributed by atoms with Gasteiger partial charge < -0.3 is 15.4 Å². The Hall–Kier alpha value is -1.39. The van der Waals surface area contributed by atoms with Crippen LogP contribution in [0.1, 0.15) is 38.9 Å². The van der Waals surface area contributed by atoms with Crippen LogP contribution in [-0.4, -0.2) is 22.2 Å². The number of H-pyrrole nitrogens is 1. The van der Waals surface area contributed by atoms with Gasteiger partial charge in [-0.25, -0.2) is 4.39 Å². The fourth-order valence-electron chi connectivity index (χ4n) is 2.06. The molecule has 0 unspecified atom stereocenters. The van der Waals surface area contributed by atoms with Crippen LogP contribution in [0.3, 0.4) is 0 Å². The topological polar surface area (TPSA) is 48.0 Å². The summed E-state index contributed by atoms with van der Waals surface area (Å²) in [6, 6.07) is 5.39. The lowest BCUT2D eigenvalue weighted by Crippen LogP contribution is -2.40. The number of aromatic amines is 1. The molecule has 0 bridgehead atoms. The van der Waals surface area contributed by atoms with Gasteiger partial charge in [0.25, 0.3) is 0 Å². The molecule has 0 spiro atoms. The Labute approximate surface area is 112 Å². The molecule has 0 radical (unpaired) electrons. The maximum absolute atomic E-state index is 13.7. The van der Waals surface area contributed by atoms with Gasteiger partial charge in [-0.3, -0.25) is 0 Å². The van der Waals surface area contributed by atoms with E-state index in [2.05, 4.69) is 31.1 Å². The van der Waals surface area contributed by atoms with Crippen molar-refractivity contribution in [2.24, 2.45) is 0 Å². The summed E-state index contributed by atoms with van der Waals surface area (Å²) in [6.07, 6.45) is 1.56. The van der Waals surface area contributed by atoms with Gasteiger partial charge in [0.2, 0.25) is 0 Å². The van der Waals surface area contributed by atoms with Gasteiger partial charge in [0.05, 0.1) is 6.10 Å². The van der Waals surface area contributed by atoms with Crippen molar-refractivity contribution in [1.29, 1.82) is 0 Å². The lowest BCUT2D eigenvalue weighted by molar-refractivity contribution is 0.161. The maximum atomic E-state index is 13.7. The molecular formula is C15H21FN2O. The monoisotopic (exact) mass is 264 g/mol. The molecule has 0 aliphatic heterocycles. The summed E-state index contributed by atoms with van der Waals surface area (Å²) in [6.45, 7) is 6.66. The van der Waals surface area contributed by atoms with E-state index in [1.165, 1.54) is 6.20 Å². The van der Waals surface area contributed by atoms with Crippen molar-refractivity contribution >= 4 is 10.9 Å². The van der Waals surface area contributed by atoms with Crippen molar-refractivity contribution in [2.45, 2.75) is 38.8 Å². The summed E-state index contributed by atoms with van der Waals surface area (Å²) in [4.78, 5) is 2.86. The maximum Gasteiger partial charge on any atom is 0.148 e. The van der Waals surface area contributed by atoms with Crippen molar-refractivity contribution in [2.75, 3.05) is 6.54 Å². The Morgan fingerprint density at radius 1 is 1.42 bits per heavy atom. The van der Waals surface area contributed by atoms with Gasteiger partial charge in [0.1, 0.15) is 5.82 Å². The number of benzene rings is 1. The van der Waals surface area contributed by atoms with E-state index in [1.807, 2.05) is 6.07 Å². The van der Waals surface area contributed by atoms with Gasteiger partial charge >= 0.3 is 0 Å². The number of hydrogen-bond donors (Lipinski definition) is 3. The van der Waals surface area contributed by atoms with Crippen LogP contribution in [0.15, 0.2) is 24.4 Å². The van der Waals surface area contributed by atoms with Crippen LogP contribution in [0.2, 0.25) is 0 Å². The smallest absolute Gasteiger partial charge is 0.148 e. The van der Waals surface area contributed by atoms with Crippen molar-refractivity contribution in [3.05, 3.63) is 35.8 Å². The van der Waals surface area contributed by atoms with Crippen LogP contribution in [-0.2, 0) is 0 Å². The molecule has 4 heteroatoms. The second-order valence-electron chi connectivity index (χ2n) is 5.54. The second-order valence-corrected chi connectivity index (χ2v) is 5.54. The first-order chi connectivity index (χ1) is 8.94. The number of aliphatic hydroxyl groups excluding tert-OH is 1. The zero-order valence-corrected chi connectivity index (χ0v) is 11.6. The van der Waals surface area contributed by atoms with E-state index in [1.54, 1.807) is 12.1 Å². The van der Waals surface area contributed by atoms with Crippen molar-refractivity contribution in [3.8, 4) is 0 Å². The average molecular weight is 264 g/mol. The predicted molar refractivity (Wildman–Crippen MR) is 75.6 cm³/mol. The van der Waals surface area contributed by atoms with Crippen LogP contribution in [0.4, 0.5) is 4.39 Å². The minimum absolute atomic E-state index is 0.0361. The van der Waals surface area contributed by atoms with Crippen LogP contribution in [0, 0.1) is 5.82 Å². The second kappa shape index (κ2) is 5.31. The summed E-state index contributed by atoms with van der Waals surface area (Å²) in [5.41, 5.74) is 1.30. The van der Waals surface area contributed by atoms with Gasteiger partial charge in [-0.05, 0) is 31.9 Å². The third-order valence-electron chi connectivity index (χ3n) is 3.71. The van der Waals surface area contributed by atoms with Crippen LogP contribution in [0.25, 0.3) is 10.9 Å². The van der Waals surface area contributed by atoms with E-state index in [0.717, 1.165) is 6.42 Å². The molecule has 1 heterocycles. The number of hydrogen-bond acceptors (Lipinski definition) is 2. The molecule has 3 N–H and O–H groups in total. The number of fused-ring (bicyclic) bond motifs is 1. The van der Waals surface area contributed by atoms with E-state index in [9.17, 15) is 9.50 Å². The fourth-order valence-corrected chi connectivity index (χ4v) is 2.06. The van der Waals surface area contributed by atoms with Gasteiger partial charge in [0.15, 0.2) is 0 Å². The van der Waals surface area contributed by atoms with Crippen molar-refractivity contribution in [3.63, 3.8) is 0 Å². The highest BCUT2D eigenvalue weighted by atomic mass is 19.1. The van der Waals surface area contributed by atoms with E-state index in [4.69, 9.17) is 0 Å². The normalized spacial score (nSPS) is 13.9. The molecule has 19 heavy (non-hydrogen) atoms. The summed E-state index contributed by atoms with van der Waals surface area (Å²) in [7, 11) is 0. The molecule has 2 aromatic rings. The SMILES string of the molecule is CCC(C)(C)NC[C@H](O)c1cccc2[nH]cc(F)c12. The molecule has 0 saturated heterocycles. The number of β-amino-alcohol motifs (C(OH)–C–C–N with tert-alkyl or cyclic N) is 1. The molecule has 104 valence electrons.